The number of nitrogens with zero attached hydrogens (tertiary/aromatic N) is 2. The summed E-state index contributed by atoms with van der Waals surface area (Å²) in [4.78, 5) is 22.9. The molecule has 0 N–H and O–H groups in total. The molecule has 1 heterocycles. The predicted molar refractivity (Wildman–Crippen MR) is 54.1 cm³/mol. The Kier molecular flexibility index (Phi) is 3.28. The lowest BCUT2D eigenvalue weighted by Crippen LogP contribution is -2.27. The Hall–Kier alpha value is -1.32. The zero-order valence-corrected chi connectivity index (χ0v) is 8.86. The quantitative estimate of drug-likeness (QED) is 0.715. The Morgan fingerprint density at radius 3 is 2.57 bits per heavy atom. The van der Waals surface area contributed by atoms with Gasteiger partial charge in [-0.2, -0.15) is 0 Å². The van der Waals surface area contributed by atoms with Crippen LogP contribution in [-0.2, 0) is 18.4 Å². The van der Waals surface area contributed by atoms with Crippen molar-refractivity contribution in [2.45, 2.75) is 26.8 Å². The Morgan fingerprint density at radius 2 is 2.14 bits per heavy atom. The van der Waals surface area contributed by atoms with E-state index in [1.165, 1.54) is 9.13 Å². The average molecular weight is 196 g/mol. The summed E-state index contributed by atoms with van der Waals surface area (Å²) in [5, 5.41) is 0. The SMILES string of the molecule is CCC(C)C(=O)Cn1ccn(C)c1=O. The normalized spacial score (nSPS) is 12.8. The average Bonchev–Trinajstić information content (AvgIpc) is 2.48. The minimum Gasteiger partial charge on any atom is -0.302 e. The second kappa shape index (κ2) is 4.26. The van der Waals surface area contributed by atoms with Gasteiger partial charge in [0, 0.05) is 25.4 Å². The van der Waals surface area contributed by atoms with E-state index in [9.17, 15) is 9.59 Å². The van der Waals surface area contributed by atoms with E-state index < -0.39 is 0 Å². The van der Waals surface area contributed by atoms with Crippen molar-refractivity contribution in [1.29, 1.82) is 0 Å². The summed E-state index contributed by atoms with van der Waals surface area (Å²) >= 11 is 0. The van der Waals surface area contributed by atoms with Gasteiger partial charge >= 0.3 is 5.69 Å². The van der Waals surface area contributed by atoms with Crippen molar-refractivity contribution in [3.8, 4) is 0 Å². The fourth-order valence-corrected chi connectivity index (χ4v) is 1.18. The van der Waals surface area contributed by atoms with Gasteiger partial charge in [-0.3, -0.25) is 9.36 Å². The minimum absolute atomic E-state index is 0.0297. The van der Waals surface area contributed by atoms with Crippen molar-refractivity contribution in [1.82, 2.24) is 9.13 Å². The lowest BCUT2D eigenvalue weighted by atomic mass is 10.0. The van der Waals surface area contributed by atoms with Crippen LogP contribution in [0.4, 0.5) is 0 Å². The molecule has 78 valence electrons. The first-order valence-corrected chi connectivity index (χ1v) is 4.80. The zero-order valence-electron chi connectivity index (χ0n) is 8.86. The van der Waals surface area contributed by atoms with Crippen molar-refractivity contribution in [2.75, 3.05) is 0 Å². The number of ketones is 1. The molecule has 0 saturated carbocycles. The van der Waals surface area contributed by atoms with E-state index in [1.807, 2.05) is 13.8 Å². The molecule has 0 aliphatic rings. The molecule has 14 heavy (non-hydrogen) atoms. The van der Waals surface area contributed by atoms with Crippen LogP contribution in [-0.4, -0.2) is 14.9 Å². The number of imidazole rings is 1. The molecule has 1 atom stereocenters. The molecule has 0 saturated heterocycles. The maximum atomic E-state index is 11.5. The highest BCUT2D eigenvalue weighted by molar-refractivity contribution is 5.80. The third kappa shape index (κ3) is 2.13. The summed E-state index contributed by atoms with van der Waals surface area (Å²) < 4.78 is 2.90. The summed E-state index contributed by atoms with van der Waals surface area (Å²) in [6, 6.07) is 0. The molecule has 1 unspecified atom stereocenters. The van der Waals surface area contributed by atoms with E-state index >= 15 is 0 Å². The predicted octanol–water partition coefficient (Wildman–Crippen LogP) is 0.802. The molecule has 0 aromatic carbocycles. The van der Waals surface area contributed by atoms with Gasteiger partial charge in [0.1, 0.15) is 0 Å². The van der Waals surface area contributed by atoms with Crippen LogP contribution in [0.15, 0.2) is 17.2 Å². The largest absolute Gasteiger partial charge is 0.328 e. The van der Waals surface area contributed by atoms with E-state index in [2.05, 4.69) is 0 Å². The van der Waals surface area contributed by atoms with Gasteiger partial charge in [-0.1, -0.05) is 13.8 Å². The topological polar surface area (TPSA) is 44.0 Å². The summed E-state index contributed by atoms with van der Waals surface area (Å²) in [6.07, 6.45) is 4.12. The summed E-state index contributed by atoms with van der Waals surface area (Å²) in [5.41, 5.74) is -0.137. The molecule has 0 bridgehead atoms. The number of carbonyl (C=O) groups excluding carboxylic acids is 1. The second-order valence-electron chi connectivity index (χ2n) is 3.60. The van der Waals surface area contributed by atoms with E-state index in [1.54, 1.807) is 19.4 Å². The molecule has 1 rings (SSSR count). The Morgan fingerprint density at radius 1 is 1.50 bits per heavy atom. The zero-order chi connectivity index (χ0) is 10.7. The lowest BCUT2D eigenvalue weighted by molar-refractivity contribution is -0.123. The highest BCUT2D eigenvalue weighted by atomic mass is 16.2. The fraction of sp³-hybridized carbons (Fsp3) is 0.600. The van der Waals surface area contributed by atoms with Crippen LogP contribution in [0.5, 0.6) is 0 Å². The number of carbonyl (C=O) groups is 1. The van der Waals surface area contributed by atoms with Gasteiger partial charge < -0.3 is 4.57 Å². The number of aryl methyl sites for hydroxylation is 1. The number of hydrogen-bond donors (Lipinski definition) is 0. The van der Waals surface area contributed by atoms with E-state index in [4.69, 9.17) is 0 Å². The first kappa shape index (κ1) is 10.8. The number of hydrogen-bond acceptors (Lipinski definition) is 2. The Balaban J connectivity index is 2.75. The number of Topliss-reactive ketones (excluding diaryl/α,β-unsaturated/α-hetero) is 1. The van der Waals surface area contributed by atoms with Crippen LogP contribution in [0, 0.1) is 5.92 Å². The lowest BCUT2D eigenvalue weighted by Gasteiger charge is -2.06. The highest BCUT2D eigenvalue weighted by Gasteiger charge is 2.12. The molecule has 0 aliphatic heterocycles. The smallest absolute Gasteiger partial charge is 0.302 e. The van der Waals surface area contributed by atoms with Gasteiger partial charge in [-0.05, 0) is 6.42 Å². The van der Waals surface area contributed by atoms with Gasteiger partial charge in [0.05, 0.1) is 6.54 Å². The first-order valence-electron chi connectivity index (χ1n) is 4.80. The van der Waals surface area contributed by atoms with E-state index in [-0.39, 0.29) is 23.9 Å². The molecule has 0 fully saturated rings. The fourth-order valence-electron chi connectivity index (χ4n) is 1.18. The molecular formula is C10H16N2O2. The standard InChI is InChI=1S/C10H16N2O2/c1-4-8(2)9(13)7-12-6-5-11(3)10(12)14/h5-6,8H,4,7H2,1-3H3. The molecule has 4 heteroatoms. The van der Waals surface area contributed by atoms with Gasteiger partial charge in [0.15, 0.2) is 5.78 Å². The molecule has 1 aromatic heterocycles. The summed E-state index contributed by atoms with van der Waals surface area (Å²) in [6.45, 7) is 4.04. The van der Waals surface area contributed by atoms with Crippen LogP contribution in [0.2, 0.25) is 0 Å². The van der Waals surface area contributed by atoms with Crippen LogP contribution < -0.4 is 5.69 Å². The van der Waals surface area contributed by atoms with Crippen molar-refractivity contribution in [2.24, 2.45) is 13.0 Å². The van der Waals surface area contributed by atoms with Gasteiger partial charge in [0.25, 0.3) is 0 Å². The van der Waals surface area contributed by atoms with Crippen molar-refractivity contribution in [3.63, 3.8) is 0 Å². The summed E-state index contributed by atoms with van der Waals surface area (Å²) in [7, 11) is 1.67. The summed E-state index contributed by atoms with van der Waals surface area (Å²) in [5.74, 6) is 0.142. The maximum Gasteiger partial charge on any atom is 0.328 e. The highest BCUT2D eigenvalue weighted by Crippen LogP contribution is 2.03. The third-order valence-corrected chi connectivity index (χ3v) is 2.51. The van der Waals surface area contributed by atoms with Crippen LogP contribution in [0.25, 0.3) is 0 Å². The molecule has 4 nitrogen and oxygen atoms in total. The Labute approximate surface area is 83.2 Å². The maximum absolute atomic E-state index is 11.5. The van der Waals surface area contributed by atoms with Gasteiger partial charge in [-0.25, -0.2) is 4.79 Å². The molecule has 1 aromatic rings. The molecule has 0 radical (unpaired) electrons. The molecule has 0 spiro atoms. The first-order chi connectivity index (χ1) is 6.56. The van der Waals surface area contributed by atoms with Gasteiger partial charge in [-0.15, -0.1) is 0 Å². The molecular weight excluding hydrogens is 180 g/mol. The second-order valence-corrected chi connectivity index (χ2v) is 3.60. The van der Waals surface area contributed by atoms with Crippen molar-refractivity contribution < 1.29 is 4.79 Å². The van der Waals surface area contributed by atoms with Crippen LogP contribution in [0.3, 0.4) is 0 Å². The Bertz CT molecular complexity index is 376. The monoisotopic (exact) mass is 196 g/mol. The van der Waals surface area contributed by atoms with E-state index in [0.717, 1.165) is 6.42 Å². The number of aromatic nitrogens is 2. The van der Waals surface area contributed by atoms with Crippen molar-refractivity contribution >= 4 is 5.78 Å². The van der Waals surface area contributed by atoms with Crippen LogP contribution >= 0.6 is 0 Å². The molecule has 0 amide bonds. The van der Waals surface area contributed by atoms with Crippen molar-refractivity contribution in [3.05, 3.63) is 22.9 Å². The molecule has 0 aliphatic carbocycles. The minimum atomic E-state index is -0.137. The van der Waals surface area contributed by atoms with Crippen LogP contribution in [0.1, 0.15) is 20.3 Å². The van der Waals surface area contributed by atoms with E-state index in [0.29, 0.717) is 0 Å². The number of rotatable bonds is 4. The van der Waals surface area contributed by atoms with Gasteiger partial charge in [0.2, 0.25) is 0 Å². The third-order valence-electron chi connectivity index (χ3n) is 2.51.